The van der Waals surface area contributed by atoms with Crippen LogP contribution in [0.3, 0.4) is 0 Å². The lowest BCUT2D eigenvalue weighted by Crippen LogP contribution is -1.98. The van der Waals surface area contributed by atoms with Crippen LogP contribution in [0.2, 0.25) is 0 Å². The molecule has 0 N–H and O–H groups in total. The van der Waals surface area contributed by atoms with E-state index < -0.39 is 0 Å². The van der Waals surface area contributed by atoms with Crippen LogP contribution >= 0.6 is 0 Å². The Labute approximate surface area is 290 Å². The molecule has 2 heteroatoms. The average Bonchev–Trinajstić information content (AvgIpc) is 3.71. The Kier molecular flexibility index (Phi) is 6.53. The van der Waals surface area contributed by atoms with Crippen molar-refractivity contribution >= 4 is 43.6 Å². The number of hydrogen-bond acceptors (Lipinski definition) is 0. The first kappa shape index (κ1) is 28.4. The van der Waals surface area contributed by atoms with E-state index in [1.807, 2.05) is 0 Å². The lowest BCUT2D eigenvalue weighted by molar-refractivity contribution is 1.18. The predicted octanol–water partition coefficient (Wildman–Crippen LogP) is 12.9. The highest BCUT2D eigenvalue weighted by molar-refractivity contribution is 6.12. The van der Waals surface area contributed by atoms with Crippen molar-refractivity contribution in [1.82, 2.24) is 9.13 Å². The third-order valence-electron chi connectivity index (χ3n) is 10.1. The second kappa shape index (κ2) is 11.5. The minimum atomic E-state index is 1.17. The van der Waals surface area contributed by atoms with E-state index in [2.05, 4.69) is 203 Å². The predicted molar refractivity (Wildman–Crippen MR) is 211 cm³/mol. The standard InChI is InChI=1S/C48H32N2/c1-3-15-33(16-4-1)34-27-29-48-42(31-34)41-23-11-14-26-46(41)50(48)45-25-13-9-21-39(45)38-20-8-7-19-37(38)35-28-30-47-43(32-35)40-22-10-12-24-44(40)49(47)36-17-5-2-6-18-36/h1-32H. The van der Waals surface area contributed by atoms with Crippen molar-refractivity contribution in [1.29, 1.82) is 0 Å². The van der Waals surface area contributed by atoms with Crippen LogP contribution in [0.4, 0.5) is 0 Å². The second-order valence-corrected chi connectivity index (χ2v) is 12.9. The Morgan fingerprint density at radius 2 is 0.740 bits per heavy atom. The Bertz CT molecular complexity index is 2860. The monoisotopic (exact) mass is 636 g/mol. The summed E-state index contributed by atoms with van der Waals surface area (Å²) in [4.78, 5) is 0. The summed E-state index contributed by atoms with van der Waals surface area (Å²) in [6, 6.07) is 70.4. The van der Waals surface area contributed by atoms with Crippen molar-refractivity contribution in [2.24, 2.45) is 0 Å². The zero-order valence-electron chi connectivity index (χ0n) is 27.4. The van der Waals surface area contributed by atoms with Gasteiger partial charge in [0.25, 0.3) is 0 Å². The molecule has 0 aliphatic carbocycles. The summed E-state index contributed by atoms with van der Waals surface area (Å²) in [5, 5.41) is 5.02. The topological polar surface area (TPSA) is 9.86 Å². The van der Waals surface area contributed by atoms with Crippen LogP contribution < -0.4 is 0 Å². The smallest absolute Gasteiger partial charge is 0.0541 e. The highest BCUT2D eigenvalue weighted by atomic mass is 15.0. The van der Waals surface area contributed by atoms with Gasteiger partial charge < -0.3 is 9.13 Å². The van der Waals surface area contributed by atoms with Crippen LogP contribution in [0.25, 0.3) is 88.4 Å². The van der Waals surface area contributed by atoms with Gasteiger partial charge in [-0.1, -0.05) is 140 Å². The molecule has 0 fully saturated rings. The van der Waals surface area contributed by atoms with E-state index in [0.717, 1.165) is 0 Å². The van der Waals surface area contributed by atoms with Gasteiger partial charge in [-0.25, -0.2) is 0 Å². The summed E-state index contributed by atoms with van der Waals surface area (Å²) in [6.45, 7) is 0. The highest BCUT2D eigenvalue weighted by Gasteiger charge is 2.19. The third-order valence-corrected chi connectivity index (χ3v) is 10.1. The zero-order chi connectivity index (χ0) is 33.0. The molecule has 0 radical (unpaired) electrons. The number of para-hydroxylation sites is 4. The first-order chi connectivity index (χ1) is 24.8. The molecule has 0 saturated carbocycles. The molecule has 0 saturated heterocycles. The third kappa shape index (κ3) is 4.43. The number of benzene rings is 8. The maximum Gasteiger partial charge on any atom is 0.0541 e. The molecular formula is C48H32N2. The van der Waals surface area contributed by atoms with Crippen LogP contribution in [0.1, 0.15) is 0 Å². The van der Waals surface area contributed by atoms with E-state index in [-0.39, 0.29) is 0 Å². The molecule has 2 aromatic heterocycles. The highest BCUT2D eigenvalue weighted by Crippen LogP contribution is 2.42. The summed E-state index contributed by atoms with van der Waals surface area (Å²) >= 11 is 0. The van der Waals surface area contributed by atoms with E-state index in [4.69, 9.17) is 0 Å². The van der Waals surface area contributed by atoms with Gasteiger partial charge in [0, 0.05) is 32.8 Å². The minimum Gasteiger partial charge on any atom is -0.309 e. The van der Waals surface area contributed by atoms with Crippen LogP contribution in [0.15, 0.2) is 194 Å². The molecule has 0 bridgehead atoms. The number of fused-ring (bicyclic) bond motifs is 6. The quantitative estimate of drug-likeness (QED) is 0.178. The van der Waals surface area contributed by atoms with E-state index in [9.17, 15) is 0 Å². The van der Waals surface area contributed by atoms with Gasteiger partial charge in [-0.15, -0.1) is 0 Å². The Morgan fingerprint density at radius 1 is 0.260 bits per heavy atom. The lowest BCUT2D eigenvalue weighted by atomic mass is 9.92. The summed E-state index contributed by atoms with van der Waals surface area (Å²) in [7, 11) is 0. The van der Waals surface area contributed by atoms with Crippen molar-refractivity contribution in [2.75, 3.05) is 0 Å². The molecule has 0 spiro atoms. The number of nitrogens with zero attached hydrogens (tertiary/aromatic N) is 2. The van der Waals surface area contributed by atoms with Crippen LogP contribution in [-0.2, 0) is 0 Å². The van der Waals surface area contributed by atoms with Crippen molar-refractivity contribution in [3.63, 3.8) is 0 Å². The van der Waals surface area contributed by atoms with Gasteiger partial charge in [0.15, 0.2) is 0 Å². The summed E-state index contributed by atoms with van der Waals surface area (Å²) in [6.07, 6.45) is 0. The maximum absolute atomic E-state index is 2.45. The molecule has 2 heterocycles. The fourth-order valence-electron chi connectivity index (χ4n) is 7.90. The first-order valence-electron chi connectivity index (χ1n) is 17.2. The lowest BCUT2D eigenvalue weighted by Gasteiger charge is -2.17. The molecule has 50 heavy (non-hydrogen) atoms. The Morgan fingerprint density at radius 3 is 1.46 bits per heavy atom. The van der Waals surface area contributed by atoms with Crippen LogP contribution in [0.5, 0.6) is 0 Å². The van der Waals surface area contributed by atoms with Gasteiger partial charge in [0.2, 0.25) is 0 Å². The maximum atomic E-state index is 2.45. The Balaban J connectivity index is 1.18. The molecule has 10 rings (SSSR count). The van der Waals surface area contributed by atoms with Gasteiger partial charge in [0.1, 0.15) is 0 Å². The van der Waals surface area contributed by atoms with E-state index >= 15 is 0 Å². The normalized spacial score (nSPS) is 11.6. The molecule has 0 amide bonds. The zero-order valence-corrected chi connectivity index (χ0v) is 27.4. The minimum absolute atomic E-state index is 1.17. The van der Waals surface area contributed by atoms with E-state index in [1.54, 1.807) is 0 Å². The molecule has 10 aromatic rings. The molecule has 0 aliphatic rings. The summed E-state index contributed by atoms with van der Waals surface area (Å²) < 4.78 is 4.82. The van der Waals surface area contributed by atoms with Crippen LogP contribution in [0, 0.1) is 0 Å². The summed E-state index contributed by atoms with van der Waals surface area (Å²) in [5.74, 6) is 0. The van der Waals surface area contributed by atoms with Crippen molar-refractivity contribution in [2.45, 2.75) is 0 Å². The molecule has 234 valence electrons. The molecule has 2 nitrogen and oxygen atoms in total. The molecule has 0 atom stereocenters. The fraction of sp³-hybridized carbons (Fsp3) is 0. The van der Waals surface area contributed by atoms with Crippen LogP contribution in [-0.4, -0.2) is 9.13 Å². The molecular weight excluding hydrogens is 605 g/mol. The number of rotatable bonds is 5. The van der Waals surface area contributed by atoms with Crippen molar-refractivity contribution in [3.8, 4) is 44.8 Å². The van der Waals surface area contributed by atoms with Gasteiger partial charge in [-0.3, -0.25) is 0 Å². The molecule has 0 aliphatic heterocycles. The fourth-order valence-corrected chi connectivity index (χ4v) is 7.90. The van der Waals surface area contributed by atoms with E-state index in [0.29, 0.717) is 0 Å². The Hall–Kier alpha value is -6.64. The van der Waals surface area contributed by atoms with Crippen molar-refractivity contribution < 1.29 is 0 Å². The number of aromatic nitrogens is 2. The molecule has 0 unspecified atom stereocenters. The van der Waals surface area contributed by atoms with Gasteiger partial charge >= 0.3 is 0 Å². The van der Waals surface area contributed by atoms with E-state index in [1.165, 1.54) is 88.4 Å². The van der Waals surface area contributed by atoms with Gasteiger partial charge in [-0.2, -0.15) is 0 Å². The van der Waals surface area contributed by atoms with Crippen molar-refractivity contribution in [3.05, 3.63) is 194 Å². The number of hydrogen-bond donors (Lipinski definition) is 0. The second-order valence-electron chi connectivity index (χ2n) is 12.9. The first-order valence-corrected chi connectivity index (χ1v) is 17.2. The van der Waals surface area contributed by atoms with Gasteiger partial charge in [-0.05, 0) is 82.4 Å². The average molecular weight is 637 g/mol. The molecule has 8 aromatic carbocycles. The SMILES string of the molecule is c1ccc(-c2ccc3c(c2)c2ccccc2n3-c2ccccc2-c2ccccc2-c2ccc3c(c2)c2ccccc2n3-c2ccccc2)cc1. The largest absolute Gasteiger partial charge is 0.309 e. The van der Waals surface area contributed by atoms with Gasteiger partial charge in [0.05, 0.1) is 27.8 Å². The summed E-state index contributed by atoms with van der Waals surface area (Å²) in [5.41, 5.74) is 14.4.